The summed E-state index contributed by atoms with van der Waals surface area (Å²) in [4.78, 5) is 12.5. The van der Waals surface area contributed by atoms with Gasteiger partial charge in [0, 0.05) is 11.3 Å². The van der Waals surface area contributed by atoms with Crippen LogP contribution in [0.1, 0.15) is 32.6 Å². The minimum atomic E-state index is -0.216. The zero-order chi connectivity index (χ0) is 15.6. The maximum absolute atomic E-state index is 12.5. The molecule has 0 bridgehead atoms. The standard InChI is InChI=1S/C17H17N3O/c1-10-6-11(2)16(12(3)7-10)17(21)20-15-5-4-14(19)8-13(15)9-18/h4-8H,19H2,1-3H3,(H,20,21). The van der Waals surface area contributed by atoms with Gasteiger partial charge in [0.25, 0.3) is 5.91 Å². The fourth-order valence-corrected chi connectivity index (χ4v) is 2.49. The Morgan fingerprint density at radius 3 is 2.33 bits per heavy atom. The van der Waals surface area contributed by atoms with Crippen LogP contribution in [0.25, 0.3) is 0 Å². The number of nitriles is 1. The molecule has 21 heavy (non-hydrogen) atoms. The molecule has 0 fully saturated rings. The summed E-state index contributed by atoms with van der Waals surface area (Å²) in [5, 5.41) is 11.9. The molecule has 0 spiro atoms. The first-order chi connectivity index (χ1) is 9.92. The summed E-state index contributed by atoms with van der Waals surface area (Å²) in [7, 11) is 0. The number of nitrogens with zero attached hydrogens (tertiary/aromatic N) is 1. The molecule has 106 valence electrons. The highest BCUT2D eigenvalue weighted by Crippen LogP contribution is 2.21. The summed E-state index contributed by atoms with van der Waals surface area (Å²) in [6.45, 7) is 5.81. The van der Waals surface area contributed by atoms with Crippen molar-refractivity contribution in [1.29, 1.82) is 5.26 Å². The van der Waals surface area contributed by atoms with Gasteiger partial charge < -0.3 is 11.1 Å². The number of rotatable bonds is 2. The number of anilines is 2. The molecular weight excluding hydrogens is 262 g/mol. The molecule has 0 atom stereocenters. The summed E-state index contributed by atoms with van der Waals surface area (Å²) in [6, 6.07) is 10.8. The van der Waals surface area contributed by atoms with E-state index in [1.165, 1.54) is 0 Å². The molecule has 0 aliphatic carbocycles. The Hall–Kier alpha value is -2.80. The molecule has 0 aliphatic heterocycles. The summed E-state index contributed by atoms with van der Waals surface area (Å²) >= 11 is 0. The fraction of sp³-hybridized carbons (Fsp3) is 0.176. The number of benzene rings is 2. The van der Waals surface area contributed by atoms with Crippen LogP contribution < -0.4 is 11.1 Å². The molecule has 0 radical (unpaired) electrons. The Morgan fingerprint density at radius 2 is 1.76 bits per heavy atom. The van der Waals surface area contributed by atoms with Gasteiger partial charge in [-0.05, 0) is 50.1 Å². The number of nitrogen functional groups attached to an aromatic ring is 1. The quantitative estimate of drug-likeness (QED) is 0.828. The lowest BCUT2D eigenvalue weighted by Crippen LogP contribution is -2.16. The molecule has 0 saturated heterocycles. The van der Waals surface area contributed by atoms with Gasteiger partial charge in [0.05, 0.1) is 11.3 Å². The monoisotopic (exact) mass is 279 g/mol. The lowest BCUT2D eigenvalue weighted by Gasteiger charge is -2.12. The first-order valence-corrected chi connectivity index (χ1v) is 6.61. The molecule has 0 heterocycles. The number of nitrogens with two attached hydrogens (primary N) is 1. The highest BCUT2D eigenvalue weighted by molar-refractivity contribution is 6.07. The molecule has 0 unspecified atom stereocenters. The number of hydrogen-bond donors (Lipinski definition) is 2. The number of amides is 1. The van der Waals surface area contributed by atoms with E-state index in [4.69, 9.17) is 11.0 Å². The number of carbonyl (C=O) groups excluding carboxylic acids is 1. The number of aryl methyl sites for hydroxylation is 3. The first kappa shape index (κ1) is 14.6. The minimum Gasteiger partial charge on any atom is -0.399 e. The van der Waals surface area contributed by atoms with Gasteiger partial charge in [-0.1, -0.05) is 17.7 Å². The van der Waals surface area contributed by atoms with Crippen molar-refractivity contribution >= 4 is 17.3 Å². The molecule has 3 N–H and O–H groups in total. The van der Waals surface area contributed by atoms with Gasteiger partial charge in [-0.15, -0.1) is 0 Å². The predicted octanol–water partition coefficient (Wildman–Crippen LogP) is 3.32. The average molecular weight is 279 g/mol. The summed E-state index contributed by atoms with van der Waals surface area (Å²) < 4.78 is 0. The van der Waals surface area contributed by atoms with Gasteiger partial charge in [0.15, 0.2) is 0 Å². The van der Waals surface area contributed by atoms with Crippen molar-refractivity contribution in [1.82, 2.24) is 0 Å². The smallest absolute Gasteiger partial charge is 0.256 e. The molecule has 1 amide bonds. The summed E-state index contributed by atoms with van der Waals surface area (Å²) in [6.07, 6.45) is 0. The molecule has 2 rings (SSSR count). The molecule has 2 aromatic rings. The van der Waals surface area contributed by atoms with E-state index in [0.29, 0.717) is 22.5 Å². The van der Waals surface area contributed by atoms with Crippen molar-refractivity contribution < 1.29 is 4.79 Å². The lowest BCUT2D eigenvalue weighted by atomic mass is 9.99. The third kappa shape index (κ3) is 3.03. The van der Waals surface area contributed by atoms with Crippen LogP contribution in [-0.2, 0) is 0 Å². The molecule has 2 aromatic carbocycles. The van der Waals surface area contributed by atoms with E-state index in [2.05, 4.69) is 5.32 Å². The van der Waals surface area contributed by atoms with E-state index in [-0.39, 0.29) is 5.91 Å². The summed E-state index contributed by atoms with van der Waals surface area (Å²) in [5.74, 6) is -0.216. The first-order valence-electron chi connectivity index (χ1n) is 6.61. The van der Waals surface area contributed by atoms with Gasteiger partial charge >= 0.3 is 0 Å². The number of hydrogen-bond acceptors (Lipinski definition) is 3. The van der Waals surface area contributed by atoms with Crippen molar-refractivity contribution in [2.75, 3.05) is 11.1 Å². The van der Waals surface area contributed by atoms with Crippen LogP contribution in [0.15, 0.2) is 30.3 Å². The fourth-order valence-electron chi connectivity index (χ4n) is 2.49. The zero-order valence-electron chi connectivity index (χ0n) is 12.3. The molecule has 0 aliphatic rings. The van der Waals surface area contributed by atoms with Crippen molar-refractivity contribution in [3.63, 3.8) is 0 Å². The van der Waals surface area contributed by atoms with E-state index in [0.717, 1.165) is 16.7 Å². The van der Waals surface area contributed by atoms with Crippen molar-refractivity contribution in [2.24, 2.45) is 0 Å². The van der Waals surface area contributed by atoms with Gasteiger partial charge in [0.2, 0.25) is 0 Å². The lowest BCUT2D eigenvalue weighted by molar-refractivity contribution is 0.102. The van der Waals surface area contributed by atoms with Crippen LogP contribution >= 0.6 is 0 Å². The van der Waals surface area contributed by atoms with E-state index < -0.39 is 0 Å². The van der Waals surface area contributed by atoms with Crippen LogP contribution in [-0.4, -0.2) is 5.91 Å². The minimum absolute atomic E-state index is 0.216. The van der Waals surface area contributed by atoms with Gasteiger partial charge in [0.1, 0.15) is 6.07 Å². The Bertz CT molecular complexity index is 734. The third-order valence-electron chi connectivity index (χ3n) is 3.32. The van der Waals surface area contributed by atoms with Crippen LogP contribution in [0.4, 0.5) is 11.4 Å². The highest BCUT2D eigenvalue weighted by Gasteiger charge is 2.14. The van der Waals surface area contributed by atoms with Crippen molar-refractivity contribution in [3.8, 4) is 6.07 Å². The molecule has 0 saturated carbocycles. The number of carbonyl (C=O) groups is 1. The normalized spacial score (nSPS) is 10.0. The summed E-state index contributed by atoms with van der Waals surface area (Å²) in [5.41, 5.74) is 10.5. The van der Waals surface area contributed by atoms with Gasteiger partial charge in [-0.25, -0.2) is 0 Å². The Kier molecular flexibility index (Phi) is 3.95. The second kappa shape index (κ2) is 5.68. The van der Waals surface area contributed by atoms with Crippen LogP contribution in [0, 0.1) is 32.1 Å². The number of nitrogens with one attached hydrogen (secondary N) is 1. The molecule has 4 heteroatoms. The van der Waals surface area contributed by atoms with Crippen LogP contribution in [0.3, 0.4) is 0 Å². The third-order valence-corrected chi connectivity index (χ3v) is 3.32. The second-order valence-corrected chi connectivity index (χ2v) is 5.14. The predicted molar refractivity (Wildman–Crippen MR) is 84.2 cm³/mol. The van der Waals surface area contributed by atoms with E-state index in [9.17, 15) is 4.79 Å². The molecule has 0 aromatic heterocycles. The SMILES string of the molecule is Cc1cc(C)c(C(=O)Nc2ccc(N)cc2C#N)c(C)c1. The maximum atomic E-state index is 12.5. The highest BCUT2D eigenvalue weighted by atomic mass is 16.1. The van der Waals surface area contributed by atoms with Crippen molar-refractivity contribution in [3.05, 3.63) is 58.1 Å². The Labute approximate surface area is 124 Å². The van der Waals surface area contributed by atoms with Gasteiger partial charge in [-0.3, -0.25) is 4.79 Å². The zero-order valence-corrected chi connectivity index (χ0v) is 12.3. The van der Waals surface area contributed by atoms with Crippen molar-refractivity contribution in [2.45, 2.75) is 20.8 Å². The molecule has 4 nitrogen and oxygen atoms in total. The second-order valence-electron chi connectivity index (χ2n) is 5.14. The topological polar surface area (TPSA) is 78.9 Å². The van der Waals surface area contributed by atoms with E-state index >= 15 is 0 Å². The maximum Gasteiger partial charge on any atom is 0.256 e. The molecular formula is C17H17N3O. The van der Waals surface area contributed by atoms with E-state index in [1.807, 2.05) is 39.0 Å². The Morgan fingerprint density at radius 1 is 1.14 bits per heavy atom. The van der Waals surface area contributed by atoms with Crippen LogP contribution in [0.5, 0.6) is 0 Å². The average Bonchev–Trinajstić information content (AvgIpc) is 2.39. The van der Waals surface area contributed by atoms with E-state index in [1.54, 1.807) is 18.2 Å². The Balaban J connectivity index is 2.38. The van der Waals surface area contributed by atoms with Crippen LogP contribution in [0.2, 0.25) is 0 Å². The largest absolute Gasteiger partial charge is 0.399 e. The van der Waals surface area contributed by atoms with Gasteiger partial charge in [-0.2, -0.15) is 5.26 Å².